The predicted molar refractivity (Wildman–Crippen MR) is 57.9 cm³/mol. The first-order chi connectivity index (χ1) is 6.00. The maximum Gasteiger partial charge on any atom is 0.236 e. The van der Waals surface area contributed by atoms with Crippen LogP contribution in [0.4, 0.5) is 0 Å². The van der Waals surface area contributed by atoms with Gasteiger partial charge in [0.05, 0.1) is 4.32 Å². The van der Waals surface area contributed by atoms with E-state index in [2.05, 4.69) is 33.4 Å². The van der Waals surface area contributed by atoms with E-state index in [1.165, 1.54) is 0 Å². The summed E-state index contributed by atoms with van der Waals surface area (Å²) >= 11 is 3.34. The lowest BCUT2D eigenvalue weighted by atomic mass is 10.0. The second-order valence-electron chi connectivity index (χ2n) is 3.93. The Kier molecular flexibility index (Phi) is 3.54. The normalized spacial score (nSPS) is 22.8. The number of hydrogen-bond acceptors (Lipinski definition) is 1. The standard InChI is InChI=1S/C10H16BrNO/c1-10(2,11)9(13)12-8-6-4-3-5-7-8/h3-4,8H,5-7H2,1-2H3,(H,12,13). The van der Waals surface area contributed by atoms with Crippen LogP contribution in [0.25, 0.3) is 0 Å². The van der Waals surface area contributed by atoms with Crippen LogP contribution in [0.1, 0.15) is 33.1 Å². The van der Waals surface area contributed by atoms with Gasteiger partial charge in [-0.15, -0.1) is 0 Å². The molecule has 1 rings (SSSR count). The molecule has 0 radical (unpaired) electrons. The fourth-order valence-corrected chi connectivity index (χ4v) is 1.40. The Balaban J connectivity index is 2.40. The van der Waals surface area contributed by atoms with Crippen LogP contribution in [-0.4, -0.2) is 16.3 Å². The first-order valence-corrected chi connectivity index (χ1v) is 5.44. The monoisotopic (exact) mass is 245 g/mol. The molecule has 1 aliphatic carbocycles. The number of carbonyl (C=O) groups excluding carboxylic acids is 1. The number of halogens is 1. The van der Waals surface area contributed by atoms with E-state index in [4.69, 9.17) is 0 Å². The Morgan fingerprint density at radius 1 is 1.54 bits per heavy atom. The minimum atomic E-state index is -0.450. The highest BCUT2D eigenvalue weighted by Crippen LogP contribution is 2.18. The van der Waals surface area contributed by atoms with E-state index in [9.17, 15) is 4.79 Å². The lowest BCUT2D eigenvalue weighted by Crippen LogP contribution is -2.43. The molecule has 0 aliphatic heterocycles. The van der Waals surface area contributed by atoms with Gasteiger partial charge in [-0.1, -0.05) is 28.1 Å². The molecular weight excluding hydrogens is 230 g/mol. The zero-order valence-electron chi connectivity index (χ0n) is 8.14. The molecule has 0 bridgehead atoms. The van der Waals surface area contributed by atoms with Gasteiger partial charge in [-0.25, -0.2) is 0 Å². The van der Waals surface area contributed by atoms with E-state index in [-0.39, 0.29) is 5.91 Å². The van der Waals surface area contributed by atoms with Gasteiger partial charge in [-0.2, -0.15) is 0 Å². The van der Waals surface area contributed by atoms with E-state index in [1.807, 2.05) is 13.8 Å². The average Bonchev–Trinajstić information content (AvgIpc) is 2.04. The van der Waals surface area contributed by atoms with E-state index >= 15 is 0 Å². The summed E-state index contributed by atoms with van der Waals surface area (Å²) in [5.41, 5.74) is 0. The molecule has 1 unspecified atom stereocenters. The number of hydrogen-bond donors (Lipinski definition) is 1. The number of allylic oxidation sites excluding steroid dienone is 1. The van der Waals surface area contributed by atoms with Crippen molar-refractivity contribution in [3.05, 3.63) is 12.2 Å². The van der Waals surface area contributed by atoms with Gasteiger partial charge in [-0.3, -0.25) is 4.79 Å². The molecule has 1 aliphatic rings. The van der Waals surface area contributed by atoms with E-state index in [0.717, 1.165) is 19.3 Å². The molecule has 1 amide bonds. The van der Waals surface area contributed by atoms with E-state index < -0.39 is 4.32 Å². The molecule has 0 saturated carbocycles. The van der Waals surface area contributed by atoms with Crippen LogP contribution in [0.3, 0.4) is 0 Å². The van der Waals surface area contributed by atoms with Gasteiger partial charge in [0.1, 0.15) is 0 Å². The molecule has 1 atom stereocenters. The zero-order valence-corrected chi connectivity index (χ0v) is 9.73. The molecule has 0 saturated heterocycles. The van der Waals surface area contributed by atoms with Crippen LogP contribution < -0.4 is 5.32 Å². The van der Waals surface area contributed by atoms with Crippen LogP contribution >= 0.6 is 15.9 Å². The third-order valence-electron chi connectivity index (χ3n) is 2.14. The van der Waals surface area contributed by atoms with Crippen LogP contribution in [0, 0.1) is 0 Å². The molecule has 74 valence electrons. The zero-order chi connectivity index (χ0) is 9.90. The van der Waals surface area contributed by atoms with Crippen molar-refractivity contribution in [2.24, 2.45) is 0 Å². The van der Waals surface area contributed by atoms with Gasteiger partial charge in [0.15, 0.2) is 0 Å². The largest absolute Gasteiger partial charge is 0.352 e. The molecule has 3 heteroatoms. The predicted octanol–water partition coefficient (Wildman–Crippen LogP) is 2.38. The summed E-state index contributed by atoms with van der Waals surface area (Å²) < 4.78 is -0.450. The van der Waals surface area contributed by atoms with Crippen molar-refractivity contribution in [2.45, 2.75) is 43.5 Å². The van der Waals surface area contributed by atoms with Crippen molar-refractivity contribution in [3.63, 3.8) is 0 Å². The smallest absolute Gasteiger partial charge is 0.236 e. The molecule has 0 heterocycles. The van der Waals surface area contributed by atoms with Gasteiger partial charge in [0, 0.05) is 6.04 Å². The maximum atomic E-state index is 11.6. The number of amides is 1. The van der Waals surface area contributed by atoms with Gasteiger partial charge in [0.25, 0.3) is 0 Å². The van der Waals surface area contributed by atoms with Crippen LogP contribution in [0.2, 0.25) is 0 Å². The molecule has 13 heavy (non-hydrogen) atoms. The molecular formula is C10H16BrNO. The fourth-order valence-electron chi connectivity index (χ4n) is 1.28. The highest BCUT2D eigenvalue weighted by Gasteiger charge is 2.25. The minimum absolute atomic E-state index is 0.0767. The SMILES string of the molecule is CC(C)(Br)C(=O)NC1CC=CCC1. The maximum absolute atomic E-state index is 11.6. The summed E-state index contributed by atoms with van der Waals surface area (Å²) in [5, 5.41) is 3.02. The highest BCUT2D eigenvalue weighted by molar-refractivity contribution is 9.10. The molecule has 1 N–H and O–H groups in total. The summed E-state index contributed by atoms with van der Waals surface area (Å²) in [6.07, 6.45) is 7.41. The Labute approximate surface area is 87.9 Å². The number of alkyl halides is 1. The van der Waals surface area contributed by atoms with Crippen molar-refractivity contribution >= 4 is 21.8 Å². The highest BCUT2D eigenvalue weighted by atomic mass is 79.9. The van der Waals surface area contributed by atoms with Crippen molar-refractivity contribution in [3.8, 4) is 0 Å². The van der Waals surface area contributed by atoms with Crippen molar-refractivity contribution in [1.29, 1.82) is 0 Å². The average molecular weight is 246 g/mol. The minimum Gasteiger partial charge on any atom is -0.352 e. The van der Waals surface area contributed by atoms with E-state index in [1.54, 1.807) is 0 Å². The molecule has 0 aromatic heterocycles. The lowest BCUT2D eigenvalue weighted by Gasteiger charge is -2.23. The molecule has 0 fully saturated rings. The quantitative estimate of drug-likeness (QED) is 0.588. The molecule has 0 spiro atoms. The molecule has 0 aromatic rings. The van der Waals surface area contributed by atoms with Gasteiger partial charge >= 0.3 is 0 Å². The molecule has 0 aromatic carbocycles. The first-order valence-electron chi connectivity index (χ1n) is 4.65. The van der Waals surface area contributed by atoms with Crippen LogP contribution in [0.15, 0.2) is 12.2 Å². The van der Waals surface area contributed by atoms with Crippen LogP contribution in [-0.2, 0) is 4.79 Å². The second kappa shape index (κ2) is 4.27. The van der Waals surface area contributed by atoms with Gasteiger partial charge < -0.3 is 5.32 Å². The summed E-state index contributed by atoms with van der Waals surface area (Å²) in [6.45, 7) is 3.72. The second-order valence-corrected chi connectivity index (χ2v) is 5.91. The van der Waals surface area contributed by atoms with Crippen molar-refractivity contribution in [2.75, 3.05) is 0 Å². The molecule has 2 nitrogen and oxygen atoms in total. The fraction of sp³-hybridized carbons (Fsp3) is 0.700. The third-order valence-corrected chi connectivity index (χ3v) is 2.50. The Morgan fingerprint density at radius 2 is 2.23 bits per heavy atom. The topological polar surface area (TPSA) is 29.1 Å². The third kappa shape index (κ3) is 3.51. The summed E-state index contributed by atoms with van der Waals surface area (Å²) in [6, 6.07) is 0.328. The van der Waals surface area contributed by atoms with Crippen molar-refractivity contribution < 1.29 is 4.79 Å². The lowest BCUT2D eigenvalue weighted by molar-refractivity contribution is -0.123. The van der Waals surface area contributed by atoms with Gasteiger partial charge in [0.2, 0.25) is 5.91 Å². The number of rotatable bonds is 2. The summed E-state index contributed by atoms with van der Waals surface area (Å²) in [5.74, 6) is 0.0767. The Bertz CT molecular complexity index is 217. The Morgan fingerprint density at radius 3 is 2.69 bits per heavy atom. The number of nitrogens with one attached hydrogen (secondary N) is 1. The summed E-state index contributed by atoms with van der Waals surface area (Å²) in [4.78, 5) is 11.6. The summed E-state index contributed by atoms with van der Waals surface area (Å²) in [7, 11) is 0. The van der Waals surface area contributed by atoms with Gasteiger partial charge in [-0.05, 0) is 33.1 Å². The first kappa shape index (κ1) is 10.8. The van der Waals surface area contributed by atoms with Crippen LogP contribution in [0.5, 0.6) is 0 Å². The van der Waals surface area contributed by atoms with Crippen molar-refractivity contribution in [1.82, 2.24) is 5.32 Å². The number of carbonyl (C=O) groups is 1. The van der Waals surface area contributed by atoms with E-state index in [0.29, 0.717) is 6.04 Å². The Hall–Kier alpha value is -0.310.